The minimum absolute atomic E-state index is 0.180. The first-order chi connectivity index (χ1) is 11.6. The van der Waals surface area contributed by atoms with Gasteiger partial charge in [-0.1, -0.05) is 30.3 Å². The average Bonchev–Trinajstić information content (AvgIpc) is 3.12. The zero-order valence-corrected chi connectivity index (χ0v) is 14.6. The van der Waals surface area contributed by atoms with Crippen LogP contribution in [0, 0.1) is 0 Å². The van der Waals surface area contributed by atoms with Crippen molar-refractivity contribution in [2.24, 2.45) is 0 Å². The summed E-state index contributed by atoms with van der Waals surface area (Å²) in [5.74, 6) is -0.0674. The summed E-state index contributed by atoms with van der Waals surface area (Å²) in [5, 5.41) is 0. The highest BCUT2D eigenvalue weighted by Gasteiger charge is 2.62. The topological polar surface area (TPSA) is 55.8 Å². The van der Waals surface area contributed by atoms with Gasteiger partial charge in [0.2, 0.25) is 0 Å². The number of fused-ring (bicyclic) bond motifs is 1. The maximum Gasteiger partial charge on any atom is 0.410 e. The molecule has 2 fully saturated rings. The second-order valence-electron chi connectivity index (χ2n) is 6.07. The molecule has 0 spiro atoms. The van der Waals surface area contributed by atoms with Crippen LogP contribution in [0.2, 0.25) is 0 Å². The van der Waals surface area contributed by atoms with Crippen molar-refractivity contribution >= 4 is 35.3 Å². The summed E-state index contributed by atoms with van der Waals surface area (Å²) in [6.45, 7) is 0.644. The van der Waals surface area contributed by atoms with Crippen LogP contribution < -0.4 is 0 Å². The van der Waals surface area contributed by atoms with E-state index in [-0.39, 0.29) is 12.7 Å². The Morgan fingerprint density at radius 1 is 1.38 bits per heavy atom. The van der Waals surface area contributed by atoms with Crippen LogP contribution in [0.4, 0.5) is 4.79 Å². The van der Waals surface area contributed by atoms with Crippen molar-refractivity contribution in [1.29, 1.82) is 0 Å². The van der Waals surface area contributed by atoms with Gasteiger partial charge in [0.25, 0.3) is 0 Å². The zero-order chi connectivity index (χ0) is 17.2. The Labute approximate surface area is 150 Å². The van der Waals surface area contributed by atoms with Crippen LogP contribution in [0.5, 0.6) is 0 Å². The van der Waals surface area contributed by atoms with Gasteiger partial charge in [-0.15, -0.1) is 23.2 Å². The summed E-state index contributed by atoms with van der Waals surface area (Å²) in [5.41, 5.74) is 0.902. The second-order valence-corrected chi connectivity index (χ2v) is 7.12. The molecule has 0 aliphatic carbocycles. The molecule has 2 aliphatic rings. The third kappa shape index (κ3) is 3.20. The molecule has 2 aliphatic heterocycles. The van der Waals surface area contributed by atoms with Crippen molar-refractivity contribution in [3.8, 4) is 0 Å². The Hall–Kier alpha value is -1.46. The van der Waals surface area contributed by atoms with Crippen LogP contribution in [-0.4, -0.2) is 46.4 Å². The summed E-state index contributed by atoms with van der Waals surface area (Å²) >= 11 is 12.3. The van der Waals surface area contributed by atoms with Gasteiger partial charge in [0.15, 0.2) is 4.87 Å². The molecule has 7 heteroatoms. The first kappa shape index (κ1) is 17.4. The van der Waals surface area contributed by atoms with Crippen molar-refractivity contribution < 1.29 is 19.1 Å². The summed E-state index contributed by atoms with van der Waals surface area (Å²) in [6, 6.07) is 8.93. The monoisotopic (exact) mass is 371 g/mol. The number of amides is 1. The van der Waals surface area contributed by atoms with E-state index in [1.165, 1.54) is 4.90 Å². The number of benzene rings is 1. The first-order valence-corrected chi connectivity index (χ1v) is 8.91. The number of rotatable bonds is 5. The molecule has 1 aromatic carbocycles. The lowest BCUT2D eigenvalue weighted by Gasteiger charge is -2.30. The smallest absolute Gasteiger partial charge is 0.410 e. The molecule has 0 bridgehead atoms. The quantitative estimate of drug-likeness (QED) is 0.588. The first-order valence-electron chi connectivity index (χ1n) is 7.99. The number of nitrogens with zero attached hydrogens (tertiary/aromatic N) is 1. The summed E-state index contributed by atoms with van der Waals surface area (Å²) in [7, 11) is 0. The molecule has 0 saturated carbocycles. The fraction of sp³-hybridized carbons (Fsp3) is 0.529. The van der Waals surface area contributed by atoms with Crippen molar-refractivity contribution in [2.45, 2.75) is 42.9 Å². The third-order valence-corrected chi connectivity index (χ3v) is 5.36. The van der Waals surface area contributed by atoms with Gasteiger partial charge >= 0.3 is 12.1 Å². The average molecular weight is 372 g/mol. The zero-order valence-electron chi connectivity index (χ0n) is 13.1. The number of esters is 1. The SMILES string of the molecule is O=C(OCc1ccccc1)N1CC[C@H]2OC(=O)[C@@](Cl)(CCCCl)[C@H]21. The van der Waals surface area contributed by atoms with Crippen molar-refractivity contribution in [3.05, 3.63) is 35.9 Å². The molecule has 130 valence electrons. The van der Waals surface area contributed by atoms with E-state index in [0.29, 0.717) is 31.7 Å². The summed E-state index contributed by atoms with van der Waals surface area (Å²) in [4.78, 5) is 25.0. The minimum Gasteiger partial charge on any atom is -0.459 e. The third-order valence-electron chi connectivity index (χ3n) is 4.52. The van der Waals surface area contributed by atoms with E-state index < -0.39 is 23.0 Å². The van der Waals surface area contributed by atoms with E-state index in [9.17, 15) is 9.59 Å². The van der Waals surface area contributed by atoms with Crippen LogP contribution in [-0.2, 0) is 20.9 Å². The van der Waals surface area contributed by atoms with Crippen molar-refractivity contribution in [1.82, 2.24) is 4.90 Å². The molecule has 1 amide bonds. The molecule has 2 heterocycles. The van der Waals surface area contributed by atoms with Crippen LogP contribution in [0.1, 0.15) is 24.8 Å². The Balaban J connectivity index is 1.69. The highest BCUT2D eigenvalue weighted by atomic mass is 35.5. The van der Waals surface area contributed by atoms with E-state index >= 15 is 0 Å². The molecular weight excluding hydrogens is 353 g/mol. The number of hydrogen-bond acceptors (Lipinski definition) is 4. The van der Waals surface area contributed by atoms with Gasteiger partial charge < -0.3 is 9.47 Å². The molecule has 0 N–H and O–H groups in total. The largest absolute Gasteiger partial charge is 0.459 e. The molecule has 5 nitrogen and oxygen atoms in total. The second kappa shape index (κ2) is 7.19. The lowest BCUT2D eigenvalue weighted by atomic mass is 9.93. The fourth-order valence-electron chi connectivity index (χ4n) is 3.37. The molecule has 0 aromatic heterocycles. The molecule has 0 unspecified atom stereocenters. The lowest BCUT2D eigenvalue weighted by Crippen LogP contribution is -2.51. The Morgan fingerprint density at radius 3 is 2.83 bits per heavy atom. The number of carbonyl (C=O) groups is 2. The maximum absolute atomic E-state index is 12.5. The van der Waals surface area contributed by atoms with Gasteiger partial charge in [-0.05, 0) is 18.4 Å². The van der Waals surface area contributed by atoms with Gasteiger partial charge in [-0.3, -0.25) is 9.69 Å². The Morgan fingerprint density at radius 2 is 2.12 bits per heavy atom. The van der Waals surface area contributed by atoms with Crippen LogP contribution in [0.15, 0.2) is 30.3 Å². The van der Waals surface area contributed by atoms with E-state index in [0.717, 1.165) is 5.56 Å². The van der Waals surface area contributed by atoms with Gasteiger partial charge in [-0.2, -0.15) is 0 Å². The van der Waals surface area contributed by atoms with Crippen LogP contribution in [0.25, 0.3) is 0 Å². The number of alkyl halides is 2. The molecule has 24 heavy (non-hydrogen) atoms. The number of ether oxygens (including phenoxy) is 2. The van der Waals surface area contributed by atoms with Gasteiger partial charge in [0.1, 0.15) is 18.8 Å². The van der Waals surface area contributed by atoms with Gasteiger partial charge in [-0.25, -0.2) is 4.79 Å². The molecule has 1 aromatic rings. The number of likely N-dealkylation sites (tertiary alicyclic amines) is 1. The van der Waals surface area contributed by atoms with E-state index in [4.69, 9.17) is 32.7 Å². The number of carbonyl (C=O) groups excluding carboxylic acids is 2. The van der Waals surface area contributed by atoms with Gasteiger partial charge in [0.05, 0.1) is 0 Å². The summed E-state index contributed by atoms with van der Waals surface area (Å²) < 4.78 is 10.8. The summed E-state index contributed by atoms with van der Waals surface area (Å²) in [6.07, 6.45) is 0.693. The van der Waals surface area contributed by atoms with Crippen molar-refractivity contribution in [2.75, 3.05) is 12.4 Å². The maximum atomic E-state index is 12.5. The highest BCUT2D eigenvalue weighted by Crippen LogP contribution is 2.44. The standard InChI is InChI=1S/C17H19Cl2NO4/c18-9-4-8-17(19)14-13(24-15(17)21)7-10-20(14)16(22)23-11-12-5-2-1-3-6-12/h1-3,5-6,13-14H,4,7-11H2/t13-,14+,17-/m1/s1. The Kier molecular flexibility index (Phi) is 5.21. The van der Waals surface area contributed by atoms with Gasteiger partial charge in [0, 0.05) is 18.8 Å². The number of hydrogen-bond donors (Lipinski definition) is 0. The molecule has 3 rings (SSSR count). The molecule has 0 radical (unpaired) electrons. The fourth-order valence-corrected chi connectivity index (χ4v) is 3.94. The van der Waals surface area contributed by atoms with E-state index in [1.54, 1.807) is 0 Å². The number of halogens is 2. The molecule has 3 atom stereocenters. The Bertz CT molecular complexity index is 612. The predicted molar refractivity (Wildman–Crippen MR) is 90.2 cm³/mol. The molecule has 2 saturated heterocycles. The molecular formula is C17H19Cl2NO4. The van der Waals surface area contributed by atoms with Crippen LogP contribution >= 0.6 is 23.2 Å². The van der Waals surface area contributed by atoms with Crippen LogP contribution in [0.3, 0.4) is 0 Å². The predicted octanol–water partition coefficient (Wildman–Crippen LogP) is 3.32. The lowest BCUT2D eigenvalue weighted by molar-refractivity contribution is -0.143. The minimum atomic E-state index is -1.23. The van der Waals surface area contributed by atoms with E-state index in [1.807, 2.05) is 30.3 Å². The normalized spacial score (nSPS) is 28.6. The highest BCUT2D eigenvalue weighted by molar-refractivity contribution is 6.35. The van der Waals surface area contributed by atoms with Crippen molar-refractivity contribution in [3.63, 3.8) is 0 Å². The van der Waals surface area contributed by atoms with E-state index in [2.05, 4.69) is 0 Å².